The molecule has 1 aromatic heterocycles. The number of carbonyl (C=O) groups is 1. The van der Waals surface area contributed by atoms with Crippen LogP contribution >= 0.6 is 12.2 Å². The zero-order valence-corrected chi connectivity index (χ0v) is 11.3. The highest BCUT2D eigenvalue weighted by Crippen LogP contribution is 2.35. The van der Waals surface area contributed by atoms with Gasteiger partial charge < -0.3 is 14.5 Å². The van der Waals surface area contributed by atoms with Crippen molar-refractivity contribution in [3.63, 3.8) is 0 Å². The average Bonchev–Trinajstić information content (AvgIpc) is 2.84. The van der Waals surface area contributed by atoms with Crippen molar-refractivity contribution in [2.24, 2.45) is 0 Å². The Hall–Kier alpha value is -2.41. The van der Waals surface area contributed by atoms with Gasteiger partial charge in [-0.25, -0.2) is 0 Å². The number of hydrogen-bond donors (Lipinski definition) is 2. The van der Waals surface area contributed by atoms with E-state index in [0.717, 1.165) is 0 Å². The summed E-state index contributed by atoms with van der Waals surface area (Å²) in [6, 6.07) is 5.16. The molecule has 1 aromatic carbocycles. The van der Waals surface area contributed by atoms with E-state index < -0.39 is 5.56 Å². The van der Waals surface area contributed by atoms with Gasteiger partial charge in [0.15, 0.2) is 22.1 Å². The van der Waals surface area contributed by atoms with Crippen molar-refractivity contribution in [2.45, 2.75) is 6.92 Å². The molecule has 2 aromatic rings. The molecule has 0 aliphatic carbocycles. The Bertz CT molecular complexity index is 822. The van der Waals surface area contributed by atoms with E-state index in [-0.39, 0.29) is 22.9 Å². The van der Waals surface area contributed by atoms with Gasteiger partial charge in [-0.3, -0.25) is 14.6 Å². The maximum absolute atomic E-state index is 11.9. The zero-order chi connectivity index (χ0) is 14.3. The Balaban J connectivity index is 2.26. The highest BCUT2D eigenvalue weighted by Gasteiger charge is 2.18. The number of ether oxygens (including phenoxy) is 2. The first-order chi connectivity index (χ1) is 9.56. The summed E-state index contributed by atoms with van der Waals surface area (Å²) in [6.07, 6.45) is 0. The fraction of sp³-hybridized carbons (Fsp3) is 0.154. The number of Topliss-reactive ketones (excluding diaryl/α,β-unsaturated/α-hetero) is 1. The molecule has 0 saturated heterocycles. The van der Waals surface area contributed by atoms with Crippen molar-refractivity contribution in [2.75, 3.05) is 6.79 Å². The summed E-state index contributed by atoms with van der Waals surface area (Å²) < 4.78 is 10.7. The molecule has 102 valence electrons. The van der Waals surface area contributed by atoms with Crippen LogP contribution in [0.1, 0.15) is 17.3 Å². The van der Waals surface area contributed by atoms with Crippen LogP contribution in [0.2, 0.25) is 0 Å². The molecule has 1 aliphatic heterocycles. The third-order valence-corrected chi connectivity index (χ3v) is 3.16. The summed E-state index contributed by atoms with van der Waals surface area (Å²) in [5.41, 5.74) is 0.549. The molecular weight excluding hydrogens is 280 g/mol. The predicted octanol–water partition coefficient (Wildman–Crippen LogP) is 2.03. The topological polar surface area (TPSA) is 84.2 Å². The molecule has 2 N–H and O–H groups in total. The van der Waals surface area contributed by atoms with E-state index in [0.29, 0.717) is 22.8 Å². The first-order valence-corrected chi connectivity index (χ1v) is 6.24. The van der Waals surface area contributed by atoms with Crippen LogP contribution in [0.15, 0.2) is 23.0 Å². The molecule has 3 rings (SSSR count). The van der Waals surface area contributed by atoms with Crippen molar-refractivity contribution in [3.05, 3.63) is 38.9 Å². The van der Waals surface area contributed by atoms with E-state index in [1.54, 1.807) is 18.2 Å². The lowest BCUT2D eigenvalue weighted by Crippen LogP contribution is -2.19. The predicted molar refractivity (Wildman–Crippen MR) is 73.8 cm³/mol. The van der Waals surface area contributed by atoms with Crippen LogP contribution in [0.3, 0.4) is 0 Å². The number of fused-ring (bicyclic) bond motifs is 1. The summed E-state index contributed by atoms with van der Waals surface area (Å²) >= 11 is 4.95. The standard InChI is InChI=1S/C13H10N2O4S/c1-6(16)10-11(14-13(20)15-12(10)17)7-2-3-8-9(4-7)19-5-18-8/h2-4H,5H2,1H3,(H2,14,15,17,20). The molecule has 6 nitrogen and oxygen atoms in total. The number of aromatic nitrogens is 2. The van der Waals surface area contributed by atoms with E-state index in [2.05, 4.69) is 9.97 Å². The van der Waals surface area contributed by atoms with Crippen LogP contribution in [-0.2, 0) is 0 Å². The largest absolute Gasteiger partial charge is 0.454 e. The molecule has 20 heavy (non-hydrogen) atoms. The second-order valence-electron chi connectivity index (χ2n) is 4.28. The molecule has 0 radical (unpaired) electrons. The molecule has 0 spiro atoms. The molecule has 2 heterocycles. The van der Waals surface area contributed by atoms with Gasteiger partial charge in [-0.15, -0.1) is 0 Å². The first-order valence-electron chi connectivity index (χ1n) is 5.84. The van der Waals surface area contributed by atoms with Gasteiger partial charge in [-0.2, -0.15) is 0 Å². The summed E-state index contributed by atoms with van der Waals surface area (Å²) in [6.45, 7) is 1.49. The molecule has 0 bridgehead atoms. The van der Waals surface area contributed by atoms with Crippen LogP contribution in [0, 0.1) is 4.77 Å². The quantitative estimate of drug-likeness (QED) is 0.653. The van der Waals surface area contributed by atoms with Gasteiger partial charge in [-0.05, 0) is 37.3 Å². The van der Waals surface area contributed by atoms with E-state index in [4.69, 9.17) is 21.7 Å². The van der Waals surface area contributed by atoms with Crippen molar-refractivity contribution >= 4 is 18.0 Å². The number of hydrogen-bond acceptors (Lipinski definition) is 5. The Labute approximate surface area is 118 Å². The fourth-order valence-corrected chi connectivity index (χ4v) is 2.29. The van der Waals surface area contributed by atoms with Gasteiger partial charge in [0.2, 0.25) is 6.79 Å². The number of ketones is 1. The highest BCUT2D eigenvalue weighted by atomic mass is 32.1. The normalized spacial score (nSPS) is 12.4. The second kappa shape index (κ2) is 4.61. The van der Waals surface area contributed by atoms with Crippen LogP contribution in [-0.4, -0.2) is 22.5 Å². The minimum atomic E-state index is -0.506. The van der Waals surface area contributed by atoms with Crippen LogP contribution in [0.25, 0.3) is 11.3 Å². The summed E-state index contributed by atoms with van der Waals surface area (Å²) in [5, 5.41) is 0. The van der Waals surface area contributed by atoms with Gasteiger partial charge >= 0.3 is 0 Å². The zero-order valence-electron chi connectivity index (χ0n) is 10.5. The van der Waals surface area contributed by atoms with Gasteiger partial charge in [-0.1, -0.05) is 0 Å². The second-order valence-corrected chi connectivity index (χ2v) is 4.69. The van der Waals surface area contributed by atoms with Crippen LogP contribution in [0.5, 0.6) is 11.5 Å². The molecule has 1 aliphatic rings. The van der Waals surface area contributed by atoms with Crippen LogP contribution in [0.4, 0.5) is 0 Å². The van der Waals surface area contributed by atoms with E-state index in [9.17, 15) is 9.59 Å². The lowest BCUT2D eigenvalue weighted by molar-refractivity contribution is 0.101. The third-order valence-electron chi connectivity index (χ3n) is 2.96. The van der Waals surface area contributed by atoms with Crippen molar-refractivity contribution < 1.29 is 14.3 Å². The molecule has 0 saturated carbocycles. The molecule has 0 atom stereocenters. The number of benzene rings is 1. The smallest absolute Gasteiger partial charge is 0.263 e. The van der Waals surface area contributed by atoms with E-state index >= 15 is 0 Å². The Morgan fingerprint density at radius 2 is 2.00 bits per heavy atom. The average molecular weight is 290 g/mol. The number of H-pyrrole nitrogens is 2. The van der Waals surface area contributed by atoms with Gasteiger partial charge in [0, 0.05) is 5.56 Å². The van der Waals surface area contributed by atoms with Crippen molar-refractivity contribution in [1.82, 2.24) is 9.97 Å². The molecular formula is C13H10N2O4S. The number of nitrogens with one attached hydrogen (secondary N) is 2. The number of carbonyl (C=O) groups excluding carboxylic acids is 1. The molecule has 0 amide bonds. The fourth-order valence-electron chi connectivity index (χ4n) is 2.09. The number of aromatic amines is 2. The van der Waals surface area contributed by atoms with Crippen molar-refractivity contribution in [3.8, 4) is 22.8 Å². The lowest BCUT2D eigenvalue weighted by atomic mass is 10.0. The summed E-state index contributed by atoms with van der Waals surface area (Å²) in [5.74, 6) is 0.850. The van der Waals surface area contributed by atoms with Gasteiger partial charge in [0.25, 0.3) is 5.56 Å². The summed E-state index contributed by atoms with van der Waals surface area (Å²) in [7, 11) is 0. The first kappa shape index (κ1) is 12.6. The molecule has 0 unspecified atom stereocenters. The Kier molecular flexibility index (Phi) is 2.90. The minimum Gasteiger partial charge on any atom is -0.454 e. The Morgan fingerprint density at radius 3 is 2.75 bits per heavy atom. The monoisotopic (exact) mass is 290 g/mol. The molecule has 7 heteroatoms. The van der Waals surface area contributed by atoms with Gasteiger partial charge in [0.1, 0.15) is 5.56 Å². The van der Waals surface area contributed by atoms with E-state index in [1.165, 1.54) is 6.92 Å². The third kappa shape index (κ3) is 2.01. The maximum Gasteiger partial charge on any atom is 0.263 e. The van der Waals surface area contributed by atoms with Gasteiger partial charge in [0.05, 0.1) is 5.69 Å². The lowest BCUT2D eigenvalue weighted by Gasteiger charge is -2.07. The number of rotatable bonds is 2. The SMILES string of the molecule is CC(=O)c1c(-c2ccc3c(c2)OCO3)[nH]c(=S)[nH]c1=O. The maximum atomic E-state index is 11.9. The summed E-state index contributed by atoms with van der Waals surface area (Å²) in [4.78, 5) is 28.8. The Morgan fingerprint density at radius 1 is 1.25 bits per heavy atom. The molecule has 0 fully saturated rings. The van der Waals surface area contributed by atoms with Crippen LogP contribution < -0.4 is 15.0 Å². The van der Waals surface area contributed by atoms with E-state index in [1.807, 2.05) is 0 Å². The van der Waals surface area contributed by atoms with Crippen molar-refractivity contribution in [1.29, 1.82) is 0 Å². The highest BCUT2D eigenvalue weighted by molar-refractivity contribution is 7.71. The minimum absolute atomic E-state index is 0.0393.